The maximum absolute atomic E-state index is 12.3. The van der Waals surface area contributed by atoms with Crippen molar-refractivity contribution in [1.29, 1.82) is 0 Å². The number of ether oxygens (including phenoxy) is 1. The number of thiazole rings is 1. The Morgan fingerprint density at radius 2 is 2.10 bits per heavy atom. The summed E-state index contributed by atoms with van der Waals surface area (Å²) in [5, 5.41) is 0. The number of hydrogen-bond acceptors (Lipinski definition) is 4. The van der Waals surface area contributed by atoms with Crippen LogP contribution in [0, 0.1) is 13.8 Å². The van der Waals surface area contributed by atoms with Gasteiger partial charge in [0.15, 0.2) is 5.78 Å². The standard InChI is InChI=1S/C14H14BrNO3S/c1-8-9(2)20-14(18)16(8)7-12(17)10-4-5-13(19-3)11(15)6-10/h4-6H,7H2,1-3H3. The molecule has 0 aliphatic heterocycles. The molecule has 0 saturated carbocycles. The summed E-state index contributed by atoms with van der Waals surface area (Å²) in [5.74, 6) is 0.567. The number of hydrogen-bond donors (Lipinski definition) is 0. The van der Waals surface area contributed by atoms with Gasteiger partial charge in [0, 0.05) is 16.1 Å². The third kappa shape index (κ3) is 2.86. The molecule has 0 bridgehead atoms. The molecule has 0 spiro atoms. The quantitative estimate of drug-likeness (QED) is 0.791. The number of aromatic nitrogens is 1. The van der Waals surface area contributed by atoms with E-state index in [1.165, 1.54) is 15.9 Å². The van der Waals surface area contributed by atoms with Crippen LogP contribution in [0.2, 0.25) is 0 Å². The summed E-state index contributed by atoms with van der Waals surface area (Å²) in [6.07, 6.45) is 0. The number of carbonyl (C=O) groups is 1. The summed E-state index contributed by atoms with van der Waals surface area (Å²) >= 11 is 4.52. The fourth-order valence-corrected chi connectivity index (χ4v) is 3.22. The molecular formula is C14H14BrNO3S. The highest BCUT2D eigenvalue weighted by molar-refractivity contribution is 9.10. The Labute approximate surface area is 129 Å². The van der Waals surface area contributed by atoms with Gasteiger partial charge in [0.1, 0.15) is 5.75 Å². The van der Waals surface area contributed by atoms with Crippen molar-refractivity contribution in [3.05, 3.63) is 48.5 Å². The van der Waals surface area contributed by atoms with Gasteiger partial charge in [-0.3, -0.25) is 14.2 Å². The molecule has 2 aromatic rings. The van der Waals surface area contributed by atoms with Crippen LogP contribution in [-0.4, -0.2) is 17.5 Å². The Morgan fingerprint density at radius 1 is 1.40 bits per heavy atom. The van der Waals surface area contributed by atoms with Gasteiger partial charge in [-0.05, 0) is 48.0 Å². The molecule has 0 fully saturated rings. The number of benzene rings is 1. The molecule has 0 amide bonds. The van der Waals surface area contributed by atoms with Crippen molar-refractivity contribution in [3.63, 3.8) is 0 Å². The molecule has 1 aromatic carbocycles. The van der Waals surface area contributed by atoms with E-state index in [1.54, 1.807) is 25.3 Å². The van der Waals surface area contributed by atoms with Crippen LogP contribution < -0.4 is 9.61 Å². The van der Waals surface area contributed by atoms with Crippen LogP contribution in [0.4, 0.5) is 0 Å². The van der Waals surface area contributed by atoms with Gasteiger partial charge in [-0.15, -0.1) is 0 Å². The van der Waals surface area contributed by atoms with Crippen LogP contribution in [0.1, 0.15) is 20.9 Å². The summed E-state index contributed by atoms with van der Waals surface area (Å²) in [6, 6.07) is 5.14. The van der Waals surface area contributed by atoms with Crippen molar-refractivity contribution in [3.8, 4) is 5.75 Å². The highest BCUT2D eigenvalue weighted by Gasteiger charge is 2.14. The first-order valence-corrected chi connectivity index (χ1v) is 7.58. The number of aryl methyl sites for hydroxylation is 1. The number of Topliss-reactive ketones (excluding diaryl/α,β-unsaturated/α-hetero) is 1. The van der Waals surface area contributed by atoms with Gasteiger partial charge in [0.2, 0.25) is 0 Å². The zero-order valence-corrected chi connectivity index (χ0v) is 13.8. The van der Waals surface area contributed by atoms with Gasteiger partial charge in [-0.25, -0.2) is 0 Å². The first-order chi connectivity index (χ1) is 9.43. The number of ketones is 1. The van der Waals surface area contributed by atoms with Gasteiger partial charge >= 0.3 is 4.87 Å². The number of nitrogens with zero attached hydrogens (tertiary/aromatic N) is 1. The Morgan fingerprint density at radius 3 is 2.60 bits per heavy atom. The Bertz CT molecular complexity index is 718. The molecule has 0 radical (unpaired) electrons. The van der Waals surface area contributed by atoms with E-state index >= 15 is 0 Å². The average Bonchev–Trinajstić information content (AvgIpc) is 2.65. The van der Waals surface area contributed by atoms with Crippen molar-refractivity contribution >= 4 is 33.0 Å². The Kier molecular flexibility index (Phi) is 4.45. The normalized spacial score (nSPS) is 10.6. The number of rotatable bonds is 4. The van der Waals surface area contributed by atoms with E-state index in [0.717, 1.165) is 15.0 Å². The molecule has 1 aromatic heterocycles. The molecule has 2 rings (SSSR count). The maximum Gasteiger partial charge on any atom is 0.307 e. The van der Waals surface area contributed by atoms with Gasteiger partial charge < -0.3 is 4.74 Å². The lowest BCUT2D eigenvalue weighted by molar-refractivity contribution is 0.0970. The van der Waals surface area contributed by atoms with Crippen molar-refractivity contribution < 1.29 is 9.53 Å². The van der Waals surface area contributed by atoms with Crippen molar-refractivity contribution in [1.82, 2.24) is 4.57 Å². The van der Waals surface area contributed by atoms with E-state index in [2.05, 4.69) is 15.9 Å². The molecule has 0 aliphatic carbocycles. The second kappa shape index (κ2) is 5.93. The second-order valence-corrected chi connectivity index (χ2v) is 6.39. The monoisotopic (exact) mass is 355 g/mol. The van der Waals surface area contributed by atoms with Gasteiger partial charge in [-0.1, -0.05) is 11.3 Å². The first kappa shape index (κ1) is 15.0. The van der Waals surface area contributed by atoms with Crippen LogP contribution in [-0.2, 0) is 6.54 Å². The second-order valence-electron chi connectivity index (χ2n) is 4.37. The van der Waals surface area contributed by atoms with Gasteiger partial charge in [0.05, 0.1) is 18.1 Å². The van der Waals surface area contributed by atoms with Crippen LogP contribution in [0.25, 0.3) is 0 Å². The Hall–Kier alpha value is -1.40. The predicted octanol–water partition coefficient (Wildman–Crippen LogP) is 3.18. The fourth-order valence-electron chi connectivity index (χ4n) is 1.84. The van der Waals surface area contributed by atoms with E-state index < -0.39 is 0 Å². The molecule has 0 N–H and O–H groups in total. The summed E-state index contributed by atoms with van der Waals surface area (Å²) in [4.78, 5) is 24.9. The summed E-state index contributed by atoms with van der Waals surface area (Å²) in [6.45, 7) is 3.80. The molecule has 0 aliphatic rings. The highest BCUT2D eigenvalue weighted by Crippen LogP contribution is 2.25. The molecule has 0 atom stereocenters. The number of carbonyl (C=O) groups excluding carboxylic acids is 1. The van der Waals surface area contributed by atoms with Crippen molar-refractivity contribution in [2.75, 3.05) is 7.11 Å². The maximum atomic E-state index is 12.3. The lowest BCUT2D eigenvalue weighted by Gasteiger charge is -2.07. The number of methoxy groups -OCH3 is 1. The van der Waals surface area contributed by atoms with E-state index in [4.69, 9.17) is 4.74 Å². The third-order valence-corrected chi connectivity index (χ3v) is 4.77. The summed E-state index contributed by atoms with van der Waals surface area (Å²) in [5.41, 5.74) is 1.40. The summed E-state index contributed by atoms with van der Waals surface area (Å²) in [7, 11) is 1.57. The zero-order chi connectivity index (χ0) is 14.9. The average molecular weight is 356 g/mol. The van der Waals surface area contributed by atoms with Crippen molar-refractivity contribution in [2.24, 2.45) is 0 Å². The lowest BCUT2D eigenvalue weighted by atomic mass is 10.1. The zero-order valence-electron chi connectivity index (χ0n) is 11.4. The smallest absolute Gasteiger partial charge is 0.307 e. The summed E-state index contributed by atoms with van der Waals surface area (Å²) < 4.78 is 7.36. The predicted molar refractivity (Wildman–Crippen MR) is 83.1 cm³/mol. The highest BCUT2D eigenvalue weighted by atomic mass is 79.9. The minimum absolute atomic E-state index is 0.0633. The minimum Gasteiger partial charge on any atom is -0.496 e. The van der Waals surface area contributed by atoms with Crippen LogP contribution >= 0.6 is 27.3 Å². The SMILES string of the molecule is COc1ccc(C(=O)Cn2c(C)c(C)sc2=O)cc1Br. The molecule has 6 heteroatoms. The number of halogens is 1. The van der Waals surface area contributed by atoms with Crippen LogP contribution in [0.3, 0.4) is 0 Å². The van der Waals surface area contributed by atoms with E-state index in [9.17, 15) is 9.59 Å². The molecule has 106 valence electrons. The molecule has 20 heavy (non-hydrogen) atoms. The molecule has 0 unspecified atom stereocenters. The topological polar surface area (TPSA) is 48.3 Å². The molecular weight excluding hydrogens is 342 g/mol. The molecule has 4 nitrogen and oxygen atoms in total. The largest absolute Gasteiger partial charge is 0.496 e. The van der Waals surface area contributed by atoms with E-state index in [0.29, 0.717) is 11.3 Å². The van der Waals surface area contributed by atoms with Crippen molar-refractivity contribution in [2.45, 2.75) is 20.4 Å². The Balaban J connectivity index is 2.28. The lowest BCUT2D eigenvalue weighted by Crippen LogP contribution is -2.20. The van der Waals surface area contributed by atoms with Crippen LogP contribution in [0.15, 0.2) is 27.5 Å². The molecule has 1 heterocycles. The first-order valence-electron chi connectivity index (χ1n) is 5.97. The van der Waals surface area contributed by atoms with E-state index in [1.807, 2.05) is 13.8 Å². The minimum atomic E-state index is -0.101. The van der Waals surface area contributed by atoms with Gasteiger partial charge in [0.25, 0.3) is 0 Å². The van der Waals surface area contributed by atoms with Crippen LogP contribution in [0.5, 0.6) is 5.75 Å². The third-order valence-electron chi connectivity index (χ3n) is 3.15. The van der Waals surface area contributed by atoms with E-state index in [-0.39, 0.29) is 17.2 Å². The molecule has 0 saturated heterocycles. The van der Waals surface area contributed by atoms with Gasteiger partial charge in [-0.2, -0.15) is 0 Å². The fraction of sp³-hybridized carbons (Fsp3) is 0.286.